The van der Waals surface area contributed by atoms with Gasteiger partial charge in [0.2, 0.25) is 6.79 Å². The van der Waals surface area contributed by atoms with Crippen molar-refractivity contribution in [1.82, 2.24) is 5.32 Å². The molecule has 0 spiro atoms. The predicted octanol–water partition coefficient (Wildman–Crippen LogP) is 4.75. The second kappa shape index (κ2) is 9.03. The summed E-state index contributed by atoms with van der Waals surface area (Å²) in [7, 11) is 1.65. The normalized spacial score (nSPS) is 19.2. The first kappa shape index (κ1) is 21.2. The number of aliphatic imine (C=N–C) groups is 1. The second-order valence-corrected chi connectivity index (χ2v) is 7.84. The summed E-state index contributed by atoms with van der Waals surface area (Å²) in [6, 6.07) is 19.1. The summed E-state index contributed by atoms with van der Waals surface area (Å²) in [6.45, 7) is 2.59. The predicted molar refractivity (Wildman–Crippen MR) is 125 cm³/mol. The number of nitrogens with one attached hydrogen (secondary N) is 1. The molecule has 2 unspecified atom stereocenters. The number of benzene rings is 3. The van der Waals surface area contributed by atoms with Crippen LogP contribution in [0.1, 0.15) is 42.2 Å². The first-order valence-corrected chi connectivity index (χ1v) is 11.0. The first-order valence-electron chi connectivity index (χ1n) is 11.0. The van der Waals surface area contributed by atoms with E-state index in [1.54, 1.807) is 13.2 Å². The van der Waals surface area contributed by atoms with Crippen molar-refractivity contribution in [2.75, 3.05) is 20.5 Å². The topological polar surface area (TPSA) is 81.5 Å². The number of fused-ring (bicyclic) bond motifs is 1. The Kier molecular flexibility index (Phi) is 5.79. The molecule has 2 aliphatic rings. The molecule has 33 heavy (non-hydrogen) atoms. The van der Waals surface area contributed by atoms with Crippen molar-refractivity contribution in [2.45, 2.75) is 25.6 Å². The summed E-state index contributed by atoms with van der Waals surface area (Å²) in [5.41, 5.74) is 3.53. The molecule has 5 rings (SSSR count). The smallest absolute Gasteiger partial charge is 0.231 e. The molecule has 7 heteroatoms. The number of ether oxygens (including phenoxy) is 4. The molecular formula is C26H26N2O5. The molecule has 0 aliphatic carbocycles. The maximum atomic E-state index is 10.9. The van der Waals surface area contributed by atoms with Gasteiger partial charge in [-0.2, -0.15) is 0 Å². The maximum absolute atomic E-state index is 10.9. The van der Waals surface area contributed by atoms with Crippen LogP contribution in [0.15, 0.2) is 65.7 Å². The van der Waals surface area contributed by atoms with Gasteiger partial charge in [0.1, 0.15) is 11.9 Å². The standard InChI is InChI=1S/C26H26N2O5/c1-3-31-23-10-6-8-17(25(23)29)20-14-19(16-11-12-22-24(13-16)33-15-32-22)27-26(28-20)18-7-4-5-9-21(18)30-2/h4-13,20,26,28-29H,3,14-15H2,1-2H3. The van der Waals surface area contributed by atoms with Gasteiger partial charge in [0, 0.05) is 29.3 Å². The van der Waals surface area contributed by atoms with Crippen LogP contribution >= 0.6 is 0 Å². The summed E-state index contributed by atoms with van der Waals surface area (Å²) < 4.78 is 22.3. The third-order valence-corrected chi connectivity index (χ3v) is 5.89. The van der Waals surface area contributed by atoms with Gasteiger partial charge in [0.05, 0.1) is 13.7 Å². The molecule has 0 aromatic heterocycles. The number of methoxy groups -OCH3 is 1. The average Bonchev–Trinajstić information content (AvgIpc) is 3.33. The number of phenols is 1. The fourth-order valence-electron chi connectivity index (χ4n) is 4.30. The zero-order valence-corrected chi connectivity index (χ0v) is 18.6. The molecule has 2 heterocycles. The number of hydrogen-bond donors (Lipinski definition) is 2. The molecule has 2 atom stereocenters. The zero-order valence-electron chi connectivity index (χ0n) is 18.6. The molecule has 3 aromatic carbocycles. The van der Waals surface area contributed by atoms with Crippen molar-refractivity contribution in [2.24, 2.45) is 4.99 Å². The fourth-order valence-corrected chi connectivity index (χ4v) is 4.30. The number of para-hydroxylation sites is 2. The number of aromatic hydroxyl groups is 1. The van der Waals surface area contributed by atoms with Gasteiger partial charge in [-0.1, -0.05) is 30.3 Å². The SMILES string of the molecule is CCOc1cccc(C2CC(c3ccc4c(c3)OCO4)=NC(c3ccccc3OC)N2)c1O. The summed E-state index contributed by atoms with van der Waals surface area (Å²) in [4.78, 5) is 5.04. The monoisotopic (exact) mass is 446 g/mol. The van der Waals surface area contributed by atoms with E-state index in [0.717, 1.165) is 33.9 Å². The van der Waals surface area contributed by atoms with Crippen LogP contribution in [0.3, 0.4) is 0 Å². The lowest BCUT2D eigenvalue weighted by molar-refractivity contribution is 0.174. The Morgan fingerprint density at radius 3 is 2.64 bits per heavy atom. The third kappa shape index (κ3) is 4.07. The molecule has 0 saturated carbocycles. The number of hydrogen-bond acceptors (Lipinski definition) is 7. The Morgan fingerprint density at radius 2 is 1.79 bits per heavy atom. The van der Waals surface area contributed by atoms with Gasteiger partial charge in [-0.25, -0.2) is 0 Å². The van der Waals surface area contributed by atoms with Gasteiger partial charge in [-0.05, 0) is 42.8 Å². The molecule has 2 N–H and O–H groups in total. The maximum Gasteiger partial charge on any atom is 0.231 e. The Hall–Kier alpha value is -3.71. The first-order chi connectivity index (χ1) is 16.2. The van der Waals surface area contributed by atoms with Crippen LogP contribution in [0, 0.1) is 0 Å². The highest BCUT2D eigenvalue weighted by atomic mass is 16.7. The highest BCUT2D eigenvalue weighted by molar-refractivity contribution is 6.02. The molecular weight excluding hydrogens is 420 g/mol. The number of phenolic OH excluding ortho intramolecular Hbond substituents is 1. The van der Waals surface area contributed by atoms with Crippen LogP contribution in [0.25, 0.3) is 0 Å². The van der Waals surface area contributed by atoms with E-state index >= 15 is 0 Å². The summed E-state index contributed by atoms with van der Waals surface area (Å²) in [5.74, 6) is 2.80. The summed E-state index contributed by atoms with van der Waals surface area (Å²) >= 11 is 0. The zero-order chi connectivity index (χ0) is 22.8. The quantitative estimate of drug-likeness (QED) is 0.569. The van der Waals surface area contributed by atoms with Crippen LogP contribution in [0.5, 0.6) is 28.7 Å². The molecule has 0 bridgehead atoms. The van der Waals surface area contributed by atoms with Gasteiger partial charge >= 0.3 is 0 Å². The third-order valence-electron chi connectivity index (χ3n) is 5.89. The molecule has 170 valence electrons. The van der Waals surface area contributed by atoms with Crippen LogP contribution < -0.4 is 24.3 Å². The highest BCUT2D eigenvalue weighted by Crippen LogP contribution is 2.41. The Bertz CT molecular complexity index is 1190. The molecule has 3 aromatic rings. The van der Waals surface area contributed by atoms with Crippen LogP contribution in [-0.4, -0.2) is 31.3 Å². The lowest BCUT2D eigenvalue weighted by Crippen LogP contribution is -2.33. The van der Waals surface area contributed by atoms with Crippen LogP contribution in [0.4, 0.5) is 0 Å². The molecule has 0 radical (unpaired) electrons. The number of nitrogens with zero attached hydrogens (tertiary/aromatic N) is 1. The van der Waals surface area contributed by atoms with Crippen LogP contribution in [-0.2, 0) is 0 Å². The average molecular weight is 447 g/mol. The van der Waals surface area contributed by atoms with Gasteiger partial charge < -0.3 is 24.1 Å². The van der Waals surface area contributed by atoms with Crippen molar-refractivity contribution in [1.29, 1.82) is 0 Å². The van der Waals surface area contributed by atoms with E-state index in [0.29, 0.717) is 24.5 Å². The largest absolute Gasteiger partial charge is 0.504 e. The van der Waals surface area contributed by atoms with E-state index in [9.17, 15) is 5.11 Å². The summed E-state index contributed by atoms with van der Waals surface area (Å²) in [6.07, 6.45) is 0.213. The van der Waals surface area contributed by atoms with Crippen molar-refractivity contribution >= 4 is 5.71 Å². The summed E-state index contributed by atoms with van der Waals surface area (Å²) in [5, 5.41) is 14.5. The minimum Gasteiger partial charge on any atom is -0.504 e. The fraction of sp³-hybridized carbons (Fsp3) is 0.269. The van der Waals surface area contributed by atoms with Crippen molar-refractivity contribution in [3.8, 4) is 28.7 Å². The highest BCUT2D eigenvalue weighted by Gasteiger charge is 2.30. The van der Waals surface area contributed by atoms with E-state index in [-0.39, 0.29) is 24.8 Å². The van der Waals surface area contributed by atoms with E-state index in [2.05, 4.69) is 5.32 Å². The van der Waals surface area contributed by atoms with Crippen molar-refractivity contribution < 1.29 is 24.1 Å². The van der Waals surface area contributed by atoms with Gasteiger partial charge in [-0.15, -0.1) is 0 Å². The molecule has 0 fully saturated rings. The van der Waals surface area contributed by atoms with E-state index in [1.807, 2.05) is 61.5 Å². The minimum atomic E-state index is -0.365. The number of rotatable bonds is 6. The van der Waals surface area contributed by atoms with Gasteiger partial charge in [-0.3, -0.25) is 10.3 Å². The van der Waals surface area contributed by atoms with Crippen molar-refractivity contribution in [3.63, 3.8) is 0 Å². The minimum absolute atomic E-state index is 0.141. The second-order valence-electron chi connectivity index (χ2n) is 7.84. The molecule has 2 aliphatic heterocycles. The van der Waals surface area contributed by atoms with E-state index < -0.39 is 0 Å². The Balaban J connectivity index is 1.58. The lowest BCUT2D eigenvalue weighted by atomic mass is 9.93. The molecule has 0 amide bonds. The lowest BCUT2D eigenvalue weighted by Gasteiger charge is -2.31. The van der Waals surface area contributed by atoms with E-state index in [1.165, 1.54) is 0 Å². The van der Waals surface area contributed by atoms with Gasteiger partial charge in [0.15, 0.2) is 23.0 Å². The molecule has 0 saturated heterocycles. The van der Waals surface area contributed by atoms with Crippen LogP contribution in [0.2, 0.25) is 0 Å². The van der Waals surface area contributed by atoms with Crippen molar-refractivity contribution in [3.05, 3.63) is 77.4 Å². The Morgan fingerprint density at radius 1 is 1.00 bits per heavy atom. The Labute approximate surface area is 192 Å². The van der Waals surface area contributed by atoms with Gasteiger partial charge in [0.25, 0.3) is 0 Å². The van der Waals surface area contributed by atoms with E-state index in [4.69, 9.17) is 23.9 Å². The molecule has 7 nitrogen and oxygen atoms in total.